The predicted molar refractivity (Wildman–Crippen MR) is 156 cm³/mol. The summed E-state index contributed by atoms with van der Waals surface area (Å²) in [5, 5.41) is 7.00. The number of nitrogens with one attached hydrogen (secondary N) is 2. The van der Waals surface area contributed by atoms with Crippen molar-refractivity contribution in [2.24, 2.45) is 0 Å². The first-order chi connectivity index (χ1) is 20.0. The number of allylic oxidation sites excluding steroid dienone is 1. The van der Waals surface area contributed by atoms with Crippen LogP contribution in [0.4, 0.5) is 21.6 Å². The number of fused-ring (bicyclic) bond motifs is 5. The van der Waals surface area contributed by atoms with E-state index in [1.54, 1.807) is 30.5 Å². The molecule has 1 unspecified atom stereocenters. The molecule has 6 rings (SSSR count). The minimum Gasteiger partial charge on any atom is -0.488 e. The van der Waals surface area contributed by atoms with E-state index in [1.165, 1.54) is 12.4 Å². The van der Waals surface area contributed by atoms with Gasteiger partial charge in [0.2, 0.25) is 5.91 Å². The molecule has 41 heavy (non-hydrogen) atoms. The number of nitrogens with zero attached hydrogens (tertiary/aromatic N) is 5. The number of halogens is 1. The van der Waals surface area contributed by atoms with Crippen molar-refractivity contribution in [1.29, 1.82) is 0 Å². The number of carbonyl (C=O) groups is 1. The maximum Gasteiger partial charge on any atom is 0.246 e. The summed E-state index contributed by atoms with van der Waals surface area (Å²) in [6.45, 7) is 3.65. The van der Waals surface area contributed by atoms with Crippen molar-refractivity contribution in [2.75, 3.05) is 63.6 Å². The quantitative estimate of drug-likeness (QED) is 0.424. The van der Waals surface area contributed by atoms with Crippen LogP contribution >= 0.6 is 0 Å². The Kier molecular flexibility index (Phi) is 7.43. The Hall–Kier alpha value is -4.64. The second-order valence-electron chi connectivity index (χ2n) is 10.4. The second kappa shape index (κ2) is 11.5. The van der Waals surface area contributed by atoms with Gasteiger partial charge in [-0.05, 0) is 50.5 Å². The summed E-state index contributed by atoms with van der Waals surface area (Å²) >= 11 is 0. The third-order valence-electron chi connectivity index (χ3n) is 7.20. The highest BCUT2D eigenvalue weighted by molar-refractivity contribution is 6.00. The lowest BCUT2D eigenvalue weighted by Crippen LogP contribution is -2.58. The molecule has 0 aliphatic carbocycles. The molecular weight excluding hydrogens is 525 g/mol. The highest BCUT2D eigenvalue weighted by Crippen LogP contribution is 2.43. The van der Waals surface area contributed by atoms with E-state index >= 15 is 0 Å². The normalized spacial score (nSPS) is 18.0. The fourth-order valence-corrected chi connectivity index (χ4v) is 5.18. The number of piperazine rings is 1. The highest BCUT2D eigenvalue weighted by Gasteiger charge is 2.35. The summed E-state index contributed by atoms with van der Waals surface area (Å²) in [7, 11) is 3.94. The SMILES string of the molecule is CN(C)C/C=C/C(=O)N1CCN2c3ccc4ncnc(Nc5ccc(OC6=CCNC=C6)c(F)c5)c4c3OCC2C1. The van der Waals surface area contributed by atoms with Crippen molar-refractivity contribution >= 4 is 34.0 Å². The average Bonchev–Trinajstić information content (AvgIpc) is 2.98. The maximum absolute atomic E-state index is 14.9. The predicted octanol–water partition coefficient (Wildman–Crippen LogP) is 3.42. The molecule has 1 amide bonds. The van der Waals surface area contributed by atoms with Crippen LogP contribution < -0.4 is 25.0 Å². The summed E-state index contributed by atoms with van der Waals surface area (Å²) < 4.78 is 26.9. The molecule has 0 bridgehead atoms. The van der Waals surface area contributed by atoms with E-state index in [0.29, 0.717) is 61.3 Å². The Balaban J connectivity index is 1.22. The first-order valence-corrected chi connectivity index (χ1v) is 13.6. The van der Waals surface area contributed by atoms with E-state index in [4.69, 9.17) is 9.47 Å². The third kappa shape index (κ3) is 5.66. The van der Waals surface area contributed by atoms with Gasteiger partial charge in [-0.3, -0.25) is 4.79 Å². The Morgan fingerprint density at radius 2 is 2.17 bits per heavy atom. The van der Waals surface area contributed by atoms with Gasteiger partial charge in [-0.15, -0.1) is 0 Å². The Morgan fingerprint density at radius 1 is 1.27 bits per heavy atom. The first-order valence-electron chi connectivity index (χ1n) is 13.6. The van der Waals surface area contributed by atoms with Crippen molar-refractivity contribution in [2.45, 2.75) is 6.04 Å². The van der Waals surface area contributed by atoms with E-state index in [2.05, 4.69) is 25.5 Å². The van der Waals surface area contributed by atoms with Crippen molar-refractivity contribution < 1.29 is 18.7 Å². The van der Waals surface area contributed by atoms with Gasteiger partial charge in [-0.25, -0.2) is 14.4 Å². The number of ether oxygens (including phenoxy) is 2. The van der Waals surface area contributed by atoms with Crippen molar-refractivity contribution in [3.8, 4) is 11.5 Å². The number of likely N-dealkylation sites (N-methyl/N-ethyl adjacent to an activating group) is 1. The molecule has 2 N–H and O–H groups in total. The molecular formula is C30H32FN7O3. The molecule has 3 aliphatic heterocycles. The van der Waals surface area contributed by atoms with Gasteiger partial charge in [-0.2, -0.15) is 0 Å². The van der Waals surface area contributed by atoms with Crippen LogP contribution in [0.15, 0.2) is 72.9 Å². The number of benzene rings is 2. The highest BCUT2D eigenvalue weighted by atomic mass is 19.1. The van der Waals surface area contributed by atoms with E-state index in [0.717, 1.165) is 17.6 Å². The first kappa shape index (κ1) is 26.6. The zero-order chi connectivity index (χ0) is 28.3. The molecule has 3 aromatic rings. The Morgan fingerprint density at radius 3 is 2.98 bits per heavy atom. The topological polar surface area (TPSA) is 95.1 Å². The van der Waals surface area contributed by atoms with Gasteiger partial charge in [0.05, 0.1) is 22.6 Å². The van der Waals surface area contributed by atoms with Crippen molar-refractivity contribution in [3.05, 3.63) is 78.7 Å². The lowest BCUT2D eigenvalue weighted by Gasteiger charge is -2.45. The standard InChI is InChI=1S/C30H32FN7O3/c1-36(2)13-3-4-27(39)37-14-15-38-21(17-37)18-40-29-25(38)7-6-24-28(29)30(34-19-33-24)35-20-5-8-26(23(31)16-20)41-22-9-11-32-12-10-22/h3-11,16,19,21,32H,12-15,17-18H2,1-2H3,(H,33,34,35)/b4-3+. The Labute approximate surface area is 237 Å². The zero-order valence-electron chi connectivity index (χ0n) is 23.0. The molecule has 1 saturated heterocycles. The van der Waals surface area contributed by atoms with E-state index in [-0.39, 0.29) is 17.7 Å². The van der Waals surface area contributed by atoms with Crippen LogP contribution in [0.2, 0.25) is 0 Å². The van der Waals surface area contributed by atoms with Crippen molar-refractivity contribution in [1.82, 2.24) is 25.1 Å². The molecule has 212 valence electrons. The lowest BCUT2D eigenvalue weighted by molar-refractivity contribution is -0.127. The van der Waals surface area contributed by atoms with Gasteiger partial charge in [0.25, 0.3) is 0 Å². The fraction of sp³-hybridized carbons (Fsp3) is 0.300. The monoisotopic (exact) mass is 557 g/mol. The number of hydrogen-bond donors (Lipinski definition) is 2. The number of amides is 1. The lowest BCUT2D eigenvalue weighted by atomic mass is 10.1. The van der Waals surface area contributed by atoms with Crippen LogP contribution in [-0.4, -0.2) is 85.1 Å². The van der Waals surface area contributed by atoms with Gasteiger partial charge in [-0.1, -0.05) is 6.08 Å². The number of anilines is 3. The van der Waals surface area contributed by atoms with Gasteiger partial charge < -0.3 is 34.8 Å². The molecule has 2 aromatic carbocycles. The zero-order valence-corrected chi connectivity index (χ0v) is 23.0. The molecule has 1 fully saturated rings. The van der Waals surface area contributed by atoms with Crippen LogP contribution in [0.1, 0.15) is 0 Å². The van der Waals surface area contributed by atoms with E-state index in [9.17, 15) is 9.18 Å². The molecule has 0 spiro atoms. The summed E-state index contributed by atoms with van der Waals surface area (Å²) in [5.41, 5.74) is 2.16. The smallest absolute Gasteiger partial charge is 0.246 e. The number of aromatic nitrogens is 2. The third-order valence-corrected chi connectivity index (χ3v) is 7.20. The van der Waals surface area contributed by atoms with Crippen LogP contribution in [-0.2, 0) is 4.79 Å². The van der Waals surface area contributed by atoms with Crippen LogP contribution in [0.25, 0.3) is 10.9 Å². The molecule has 11 heteroatoms. The average molecular weight is 558 g/mol. The van der Waals surface area contributed by atoms with Gasteiger partial charge in [0.15, 0.2) is 17.3 Å². The Bertz CT molecular complexity index is 1550. The van der Waals surface area contributed by atoms with E-state index < -0.39 is 5.82 Å². The van der Waals surface area contributed by atoms with Gasteiger partial charge in [0.1, 0.15) is 24.5 Å². The fourth-order valence-electron chi connectivity index (χ4n) is 5.18. The molecule has 10 nitrogen and oxygen atoms in total. The molecule has 0 radical (unpaired) electrons. The molecule has 3 aliphatic rings. The van der Waals surface area contributed by atoms with Crippen LogP contribution in [0.3, 0.4) is 0 Å². The van der Waals surface area contributed by atoms with Crippen LogP contribution in [0, 0.1) is 5.82 Å². The molecule has 1 atom stereocenters. The molecule has 4 heterocycles. The summed E-state index contributed by atoms with van der Waals surface area (Å²) in [5.74, 6) is 1.44. The number of rotatable bonds is 7. The minimum absolute atomic E-state index is 0.0169. The van der Waals surface area contributed by atoms with Crippen LogP contribution in [0.5, 0.6) is 11.5 Å². The number of hydrogen-bond acceptors (Lipinski definition) is 9. The van der Waals surface area contributed by atoms with Gasteiger partial charge >= 0.3 is 0 Å². The molecule has 0 saturated carbocycles. The summed E-state index contributed by atoms with van der Waals surface area (Å²) in [6.07, 6.45) is 10.4. The minimum atomic E-state index is -0.494. The van der Waals surface area contributed by atoms with Gasteiger partial charge in [0, 0.05) is 56.8 Å². The molecule has 1 aromatic heterocycles. The summed E-state index contributed by atoms with van der Waals surface area (Å²) in [6, 6.07) is 8.69. The summed E-state index contributed by atoms with van der Waals surface area (Å²) in [4.78, 5) is 27.8. The van der Waals surface area contributed by atoms with E-state index in [1.807, 2.05) is 48.2 Å². The number of carbonyl (C=O) groups excluding carboxylic acids is 1. The largest absolute Gasteiger partial charge is 0.488 e. The number of dihydropyridines is 1. The second-order valence-corrected chi connectivity index (χ2v) is 10.4. The maximum atomic E-state index is 14.9. The van der Waals surface area contributed by atoms with Crippen molar-refractivity contribution in [3.63, 3.8) is 0 Å².